The van der Waals surface area contributed by atoms with Crippen LogP contribution in [0.25, 0.3) is 6.08 Å². The van der Waals surface area contributed by atoms with Crippen LogP contribution in [-0.4, -0.2) is 23.8 Å². The lowest BCUT2D eigenvalue weighted by molar-refractivity contribution is -0.143. The molecule has 2 aromatic carbocycles. The Morgan fingerprint density at radius 3 is 1.82 bits per heavy atom. The number of carbonyl (C=O) groups is 3. The van der Waals surface area contributed by atoms with Crippen LogP contribution in [0.15, 0.2) is 42.5 Å². The van der Waals surface area contributed by atoms with Crippen LogP contribution in [0.5, 0.6) is 17.2 Å². The average molecular weight is 537 g/mol. The fourth-order valence-corrected chi connectivity index (χ4v) is 3.33. The Morgan fingerprint density at radius 2 is 1.33 bits per heavy atom. The lowest BCUT2D eigenvalue weighted by atomic mass is 9.80. The second-order valence-corrected chi connectivity index (χ2v) is 12.8. The standard InChI is InChI=1S/C33H44O6/c1-12-33(10,11)25-19-23(27(37-21(2)3)20-28(25)39-30(36)32(7,8)9)15-18-26(34)22-13-16-24(17-14-22)38-29(35)31(4,5)6/h13-21H,12H2,1-11H3/b18-15+. The highest BCUT2D eigenvalue weighted by atomic mass is 16.5. The second kappa shape index (κ2) is 12.2. The fourth-order valence-electron chi connectivity index (χ4n) is 3.33. The van der Waals surface area contributed by atoms with E-state index in [9.17, 15) is 14.4 Å². The number of hydrogen-bond acceptors (Lipinski definition) is 6. The Bertz CT molecular complexity index is 1220. The van der Waals surface area contributed by atoms with Gasteiger partial charge in [0.05, 0.1) is 16.9 Å². The molecule has 0 unspecified atom stereocenters. The van der Waals surface area contributed by atoms with Crippen LogP contribution in [0.3, 0.4) is 0 Å². The van der Waals surface area contributed by atoms with Gasteiger partial charge in [0.25, 0.3) is 0 Å². The summed E-state index contributed by atoms with van der Waals surface area (Å²) in [4.78, 5) is 37.9. The van der Waals surface area contributed by atoms with Crippen molar-refractivity contribution in [2.45, 2.75) is 94.1 Å². The van der Waals surface area contributed by atoms with E-state index in [0.29, 0.717) is 28.4 Å². The Hall–Kier alpha value is -3.41. The summed E-state index contributed by atoms with van der Waals surface area (Å²) in [6, 6.07) is 10.2. The van der Waals surface area contributed by atoms with Gasteiger partial charge in [-0.1, -0.05) is 20.8 Å². The van der Waals surface area contributed by atoms with Crippen molar-refractivity contribution >= 4 is 23.8 Å². The van der Waals surface area contributed by atoms with Crippen molar-refractivity contribution < 1.29 is 28.6 Å². The summed E-state index contributed by atoms with van der Waals surface area (Å²) < 4.78 is 17.3. The van der Waals surface area contributed by atoms with Crippen molar-refractivity contribution in [1.29, 1.82) is 0 Å². The average Bonchev–Trinajstić information content (AvgIpc) is 2.82. The van der Waals surface area contributed by atoms with E-state index in [4.69, 9.17) is 14.2 Å². The van der Waals surface area contributed by atoms with Gasteiger partial charge in [0, 0.05) is 22.8 Å². The van der Waals surface area contributed by atoms with Gasteiger partial charge in [-0.3, -0.25) is 14.4 Å². The molecular weight excluding hydrogens is 492 g/mol. The number of allylic oxidation sites excluding steroid dienone is 1. The van der Waals surface area contributed by atoms with E-state index in [-0.39, 0.29) is 29.2 Å². The van der Waals surface area contributed by atoms with Gasteiger partial charge in [-0.25, -0.2) is 0 Å². The smallest absolute Gasteiger partial charge is 0.316 e. The maximum absolute atomic E-state index is 13.0. The predicted molar refractivity (Wildman–Crippen MR) is 156 cm³/mol. The van der Waals surface area contributed by atoms with E-state index in [1.165, 1.54) is 6.08 Å². The first-order chi connectivity index (χ1) is 17.8. The summed E-state index contributed by atoms with van der Waals surface area (Å²) in [7, 11) is 0. The number of carbonyl (C=O) groups excluding carboxylic acids is 3. The third-order valence-corrected chi connectivity index (χ3v) is 6.28. The quantitative estimate of drug-likeness (QED) is 0.140. The highest BCUT2D eigenvalue weighted by Crippen LogP contribution is 2.40. The molecule has 0 aliphatic heterocycles. The molecule has 0 aliphatic carbocycles. The van der Waals surface area contributed by atoms with Crippen LogP contribution in [0.1, 0.15) is 104 Å². The molecule has 0 atom stereocenters. The Kier molecular flexibility index (Phi) is 9.94. The van der Waals surface area contributed by atoms with Crippen LogP contribution in [-0.2, 0) is 15.0 Å². The van der Waals surface area contributed by atoms with Crippen molar-refractivity contribution in [3.8, 4) is 17.2 Å². The summed E-state index contributed by atoms with van der Waals surface area (Å²) in [5.41, 5.74) is 0.433. The van der Waals surface area contributed by atoms with Gasteiger partial charge in [-0.2, -0.15) is 0 Å². The fraction of sp³-hybridized carbons (Fsp3) is 0.485. The van der Waals surface area contributed by atoms with E-state index in [0.717, 1.165) is 12.0 Å². The summed E-state index contributed by atoms with van der Waals surface area (Å²) in [5.74, 6) is 0.476. The largest absolute Gasteiger partial charge is 0.490 e. The zero-order chi connectivity index (χ0) is 29.8. The van der Waals surface area contributed by atoms with Crippen molar-refractivity contribution in [2.75, 3.05) is 0 Å². The van der Waals surface area contributed by atoms with Crippen LogP contribution in [0.4, 0.5) is 0 Å². The Labute approximate surface area is 233 Å². The normalized spacial score (nSPS) is 12.5. The zero-order valence-electron chi connectivity index (χ0n) is 25.4. The third kappa shape index (κ3) is 8.81. The van der Waals surface area contributed by atoms with E-state index < -0.39 is 10.8 Å². The molecule has 0 N–H and O–H groups in total. The van der Waals surface area contributed by atoms with E-state index in [1.54, 1.807) is 57.2 Å². The molecule has 0 heterocycles. The van der Waals surface area contributed by atoms with Crippen LogP contribution in [0.2, 0.25) is 0 Å². The molecule has 0 saturated carbocycles. The van der Waals surface area contributed by atoms with Gasteiger partial charge in [0.15, 0.2) is 5.78 Å². The maximum Gasteiger partial charge on any atom is 0.316 e. The molecule has 39 heavy (non-hydrogen) atoms. The molecule has 0 radical (unpaired) electrons. The summed E-state index contributed by atoms with van der Waals surface area (Å²) in [6.07, 6.45) is 3.89. The van der Waals surface area contributed by atoms with Gasteiger partial charge >= 0.3 is 11.9 Å². The first-order valence-corrected chi connectivity index (χ1v) is 13.5. The monoisotopic (exact) mass is 536 g/mol. The molecule has 0 spiro atoms. The highest BCUT2D eigenvalue weighted by Gasteiger charge is 2.30. The van der Waals surface area contributed by atoms with Crippen molar-refractivity contribution in [1.82, 2.24) is 0 Å². The molecule has 0 saturated heterocycles. The molecule has 0 aromatic heterocycles. The number of hydrogen-bond donors (Lipinski definition) is 0. The summed E-state index contributed by atoms with van der Waals surface area (Å²) in [6.45, 7) is 20.9. The molecule has 0 aliphatic rings. The van der Waals surface area contributed by atoms with Gasteiger partial charge in [0.2, 0.25) is 0 Å². The van der Waals surface area contributed by atoms with Gasteiger partial charge < -0.3 is 14.2 Å². The van der Waals surface area contributed by atoms with Gasteiger partial charge in [-0.15, -0.1) is 0 Å². The minimum Gasteiger partial charge on any atom is -0.490 e. The number of ketones is 1. The van der Waals surface area contributed by atoms with Crippen LogP contribution < -0.4 is 14.2 Å². The van der Waals surface area contributed by atoms with Crippen molar-refractivity contribution in [3.05, 3.63) is 59.2 Å². The van der Waals surface area contributed by atoms with Crippen LogP contribution in [0, 0.1) is 10.8 Å². The SMILES string of the molecule is CCC(C)(C)c1cc(/C=C/C(=O)c2ccc(OC(=O)C(C)(C)C)cc2)c(OC(C)C)cc1OC(=O)C(C)(C)C. The molecule has 0 fully saturated rings. The van der Waals surface area contributed by atoms with Crippen LogP contribution >= 0.6 is 0 Å². The second-order valence-electron chi connectivity index (χ2n) is 12.8. The lowest BCUT2D eigenvalue weighted by Crippen LogP contribution is -2.27. The van der Waals surface area contributed by atoms with Gasteiger partial charge in [0.1, 0.15) is 17.2 Å². The Morgan fingerprint density at radius 1 is 0.795 bits per heavy atom. The van der Waals surface area contributed by atoms with Crippen molar-refractivity contribution in [2.24, 2.45) is 10.8 Å². The highest BCUT2D eigenvalue weighted by molar-refractivity contribution is 6.07. The number of benzene rings is 2. The number of rotatable bonds is 9. The molecule has 0 bridgehead atoms. The van der Waals surface area contributed by atoms with E-state index in [1.807, 2.05) is 40.7 Å². The van der Waals surface area contributed by atoms with E-state index in [2.05, 4.69) is 20.8 Å². The maximum atomic E-state index is 13.0. The molecule has 0 amide bonds. The molecular formula is C33H44O6. The molecule has 2 aromatic rings. The molecule has 212 valence electrons. The first-order valence-electron chi connectivity index (χ1n) is 13.5. The molecule has 6 nitrogen and oxygen atoms in total. The summed E-state index contributed by atoms with van der Waals surface area (Å²) >= 11 is 0. The minimum absolute atomic E-state index is 0.132. The Balaban J connectivity index is 2.46. The minimum atomic E-state index is -0.668. The zero-order valence-corrected chi connectivity index (χ0v) is 25.4. The first kappa shape index (κ1) is 31.8. The molecule has 2 rings (SSSR count). The third-order valence-electron chi connectivity index (χ3n) is 6.28. The number of esters is 2. The van der Waals surface area contributed by atoms with Gasteiger partial charge in [-0.05, 0) is 110 Å². The molecule has 6 heteroatoms. The summed E-state index contributed by atoms with van der Waals surface area (Å²) in [5, 5.41) is 0. The number of ether oxygens (including phenoxy) is 3. The van der Waals surface area contributed by atoms with E-state index >= 15 is 0 Å². The predicted octanol–water partition coefficient (Wildman–Crippen LogP) is 7.96. The lowest BCUT2D eigenvalue weighted by Gasteiger charge is -2.28. The van der Waals surface area contributed by atoms with Crippen molar-refractivity contribution in [3.63, 3.8) is 0 Å². The topological polar surface area (TPSA) is 78.9 Å².